The predicted octanol–water partition coefficient (Wildman–Crippen LogP) is 10.9. The summed E-state index contributed by atoms with van der Waals surface area (Å²) in [5.74, 6) is 0. The molecule has 0 N–H and O–H groups in total. The first-order valence-electron chi connectivity index (χ1n) is 14.2. The third-order valence-corrected chi connectivity index (χ3v) is 17.5. The predicted molar refractivity (Wildman–Crippen MR) is 144 cm³/mol. The second-order valence-electron chi connectivity index (χ2n) is 10.7. The molecule has 2 aliphatic heterocycles. The van der Waals surface area contributed by atoms with E-state index in [0.29, 0.717) is 0 Å². The highest BCUT2D eigenvalue weighted by Crippen LogP contribution is 2.78. The zero-order valence-corrected chi connectivity index (χ0v) is 23.4. The third kappa shape index (κ3) is 6.69. The SMILES string of the molecule is CCCCCCCC(P1CCCC1(CCC)CCC)P1CCCC1(CCC)CCC. The number of unbranched alkanes of at least 4 members (excludes halogenated alkanes) is 4. The zero-order chi connectivity index (χ0) is 21.9. The quantitative estimate of drug-likeness (QED) is 0.161. The van der Waals surface area contributed by atoms with Gasteiger partial charge in [-0.25, -0.2) is 0 Å². The van der Waals surface area contributed by atoms with Crippen LogP contribution in [0.25, 0.3) is 0 Å². The molecule has 0 spiro atoms. The monoisotopic (exact) mass is 454 g/mol. The fourth-order valence-corrected chi connectivity index (χ4v) is 18.7. The smallest absolute Gasteiger partial charge is 0.000412 e. The Morgan fingerprint density at radius 2 is 1.00 bits per heavy atom. The summed E-state index contributed by atoms with van der Waals surface area (Å²) in [6, 6.07) is 0. The maximum atomic E-state index is 2.47. The Kier molecular flexibility index (Phi) is 12.8. The molecule has 2 atom stereocenters. The van der Waals surface area contributed by atoms with E-state index in [0.717, 1.165) is 15.7 Å². The molecule has 0 nitrogen and oxygen atoms in total. The fraction of sp³-hybridized carbons (Fsp3) is 1.00. The molecule has 0 saturated carbocycles. The minimum Gasteiger partial charge on any atom is -0.0927 e. The van der Waals surface area contributed by atoms with Crippen LogP contribution in [0.2, 0.25) is 0 Å². The van der Waals surface area contributed by atoms with Crippen LogP contribution in [0.1, 0.15) is 150 Å². The zero-order valence-electron chi connectivity index (χ0n) is 21.6. The molecule has 2 unspecified atom stereocenters. The first kappa shape index (κ1) is 27.1. The third-order valence-electron chi connectivity index (χ3n) is 8.45. The summed E-state index contributed by atoms with van der Waals surface area (Å²) in [4.78, 5) is 0. The first-order chi connectivity index (χ1) is 14.6. The molecule has 0 bridgehead atoms. The van der Waals surface area contributed by atoms with E-state index in [-0.39, 0.29) is 15.8 Å². The summed E-state index contributed by atoms with van der Waals surface area (Å²) in [6.45, 7) is 12.3. The van der Waals surface area contributed by atoms with Crippen LogP contribution in [0.4, 0.5) is 0 Å². The van der Waals surface area contributed by atoms with Crippen LogP contribution in [0, 0.1) is 0 Å². The molecule has 2 heteroatoms. The molecule has 30 heavy (non-hydrogen) atoms. The van der Waals surface area contributed by atoms with Gasteiger partial charge >= 0.3 is 0 Å². The lowest BCUT2D eigenvalue weighted by atomic mass is 9.93. The summed E-state index contributed by atoms with van der Waals surface area (Å²) < 4.78 is 0. The van der Waals surface area contributed by atoms with Gasteiger partial charge in [0, 0.05) is 5.40 Å². The average Bonchev–Trinajstić information content (AvgIpc) is 3.31. The molecule has 0 aliphatic carbocycles. The fourth-order valence-electron chi connectivity index (χ4n) is 7.45. The van der Waals surface area contributed by atoms with Gasteiger partial charge in [-0.1, -0.05) is 108 Å². The van der Waals surface area contributed by atoms with Gasteiger partial charge in [0.2, 0.25) is 0 Å². The van der Waals surface area contributed by atoms with E-state index >= 15 is 0 Å². The normalized spacial score (nSPS) is 26.3. The van der Waals surface area contributed by atoms with Gasteiger partial charge in [0.1, 0.15) is 0 Å². The van der Waals surface area contributed by atoms with Crippen molar-refractivity contribution in [2.45, 2.75) is 166 Å². The van der Waals surface area contributed by atoms with E-state index in [1.807, 2.05) is 0 Å². The van der Waals surface area contributed by atoms with Crippen LogP contribution in [0.15, 0.2) is 0 Å². The standard InChI is InChI=1S/C28H56P2/c1-6-11-12-13-14-17-26(29-24-15-22-27(29,18-7-2)19-8-3)30-25-16-23-28(30,20-9-4)21-10-5/h26H,6-25H2,1-5H3. The van der Waals surface area contributed by atoms with Crippen molar-refractivity contribution in [3.63, 3.8) is 0 Å². The molecule has 0 amide bonds. The second kappa shape index (κ2) is 14.2. The van der Waals surface area contributed by atoms with Crippen molar-refractivity contribution in [2.75, 3.05) is 12.3 Å². The van der Waals surface area contributed by atoms with Crippen molar-refractivity contribution in [1.82, 2.24) is 0 Å². The maximum absolute atomic E-state index is 2.47. The van der Waals surface area contributed by atoms with Crippen LogP contribution in [0.5, 0.6) is 0 Å². The van der Waals surface area contributed by atoms with Gasteiger partial charge in [0.15, 0.2) is 0 Å². The summed E-state index contributed by atoms with van der Waals surface area (Å²) in [5, 5.41) is 2.72. The van der Waals surface area contributed by atoms with Crippen molar-refractivity contribution in [3.8, 4) is 0 Å². The molecule has 0 radical (unpaired) electrons. The molecule has 0 aromatic heterocycles. The molecule has 2 heterocycles. The largest absolute Gasteiger partial charge is 0.0927 e. The number of hydrogen-bond acceptors (Lipinski definition) is 0. The molecule has 178 valence electrons. The van der Waals surface area contributed by atoms with E-state index in [9.17, 15) is 0 Å². The van der Waals surface area contributed by atoms with Gasteiger partial charge in [-0.2, -0.15) is 0 Å². The van der Waals surface area contributed by atoms with E-state index < -0.39 is 0 Å². The molecule has 2 aliphatic rings. The van der Waals surface area contributed by atoms with Gasteiger partial charge in [-0.05, 0) is 80.4 Å². The molecule has 0 aromatic carbocycles. The topological polar surface area (TPSA) is 0 Å². The Bertz CT molecular complexity index is 400. The van der Waals surface area contributed by atoms with Crippen LogP contribution >= 0.6 is 15.8 Å². The van der Waals surface area contributed by atoms with Gasteiger partial charge < -0.3 is 0 Å². The Hall–Kier alpha value is 0.860. The Morgan fingerprint density at radius 3 is 1.40 bits per heavy atom. The summed E-state index contributed by atoms with van der Waals surface area (Å²) in [7, 11) is 0.491. The van der Waals surface area contributed by atoms with Crippen molar-refractivity contribution in [2.24, 2.45) is 0 Å². The van der Waals surface area contributed by atoms with Gasteiger partial charge in [-0.3, -0.25) is 0 Å². The van der Waals surface area contributed by atoms with E-state index in [4.69, 9.17) is 0 Å². The Morgan fingerprint density at radius 1 is 0.567 bits per heavy atom. The minimum absolute atomic E-state index is 0.245. The van der Waals surface area contributed by atoms with Gasteiger partial charge in [0.25, 0.3) is 0 Å². The average molecular weight is 455 g/mol. The van der Waals surface area contributed by atoms with Crippen molar-refractivity contribution >= 4 is 15.8 Å². The maximum Gasteiger partial charge on any atom is 0.000412 e. The van der Waals surface area contributed by atoms with E-state index in [1.165, 1.54) is 51.4 Å². The second-order valence-corrected chi connectivity index (χ2v) is 17.1. The van der Waals surface area contributed by atoms with Crippen LogP contribution in [0.3, 0.4) is 0 Å². The lowest BCUT2D eigenvalue weighted by molar-refractivity contribution is 0.459. The molecular formula is C28H56P2. The Balaban J connectivity index is 2.28. The molecule has 2 saturated heterocycles. The van der Waals surface area contributed by atoms with Crippen molar-refractivity contribution in [3.05, 3.63) is 0 Å². The van der Waals surface area contributed by atoms with Crippen molar-refractivity contribution < 1.29 is 0 Å². The molecule has 0 aromatic rings. The summed E-state index contributed by atoms with van der Waals surface area (Å²) >= 11 is 0. The molecular weight excluding hydrogens is 398 g/mol. The Labute approximate surface area is 194 Å². The summed E-state index contributed by atoms with van der Waals surface area (Å²) in [5.41, 5.74) is 0. The highest BCUT2D eigenvalue weighted by Gasteiger charge is 2.51. The lowest BCUT2D eigenvalue weighted by Crippen LogP contribution is -2.32. The van der Waals surface area contributed by atoms with Crippen LogP contribution < -0.4 is 0 Å². The van der Waals surface area contributed by atoms with Gasteiger partial charge in [-0.15, -0.1) is 0 Å². The van der Waals surface area contributed by atoms with Gasteiger partial charge in [0.05, 0.1) is 0 Å². The minimum atomic E-state index is 0.245. The highest BCUT2D eigenvalue weighted by atomic mass is 31.2. The van der Waals surface area contributed by atoms with Crippen LogP contribution in [-0.2, 0) is 0 Å². The molecule has 2 fully saturated rings. The summed E-state index contributed by atoms with van der Waals surface area (Å²) in [6.07, 6.45) is 30.5. The number of hydrogen-bond donors (Lipinski definition) is 0. The van der Waals surface area contributed by atoms with E-state index in [1.54, 1.807) is 76.5 Å². The first-order valence-corrected chi connectivity index (χ1v) is 17.4. The molecule has 2 rings (SSSR count). The number of rotatable bonds is 16. The lowest BCUT2D eigenvalue weighted by Gasteiger charge is -2.48. The van der Waals surface area contributed by atoms with Crippen LogP contribution in [-0.4, -0.2) is 28.0 Å². The van der Waals surface area contributed by atoms with E-state index in [2.05, 4.69) is 34.6 Å². The van der Waals surface area contributed by atoms with Crippen molar-refractivity contribution in [1.29, 1.82) is 0 Å². The highest BCUT2D eigenvalue weighted by molar-refractivity contribution is 7.77.